The molecule has 9 nitrogen and oxygen atoms in total. The average molecular weight is 496 g/mol. The molecule has 1 spiro atoms. The molecule has 0 atom stereocenters. The molecule has 2 aromatic rings. The van der Waals surface area contributed by atoms with Crippen LogP contribution in [-0.4, -0.2) is 79.4 Å². The van der Waals surface area contributed by atoms with Gasteiger partial charge in [0.05, 0.1) is 13.7 Å². The lowest BCUT2D eigenvalue weighted by Crippen LogP contribution is -2.56. The highest BCUT2D eigenvalue weighted by atomic mass is 16.7. The third-order valence-corrected chi connectivity index (χ3v) is 7.34. The summed E-state index contributed by atoms with van der Waals surface area (Å²) in [7, 11) is 3.27. The van der Waals surface area contributed by atoms with Crippen molar-refractivity contribution in [3.63, 3.8) is 0 Å². The first-order valence-corrected chi connectivity index (χ1v) is 12.4. The van der Waals surface area contributed by atoms with E-state index in [0.717, 1.165) is 11.1 Å². The van der Waals surface area contributed by atoms with E-state index in [1.807, 2.05) is 42.5 Å². The topological polar surface area (TPSA) is 80.8 Å². The molecule has 3 aliphatic rings. The highest BCUT2D eigenvalue weighted by Crippen LogP contribution is 2.43. The zero-order chi connectivity index (χ0) is 25.1. The Hall–Kier alpha value is -3.30. The van der Waals surface area contributed by atoms with Gasteiger partial charge in [-0.25, -0.2) is 4.79 Å². The molecule has 0 bridgehead atoms. The standard InChI is InChI=1S/C27H33N3O6/c1-33-14-6-11-30-26(32)29(18-20-7-4-3-5-8-20)25(31)27(30)9-12-28(13-10-27)17-21-15-22(34-2)24-23(16-21)35-19-36-24/h3-5,7-8,15-16H,6,9-14,17-19H2,1-2H3. The molecule has 3 aliphatic heterocycles. The van der Waals surface area contributed by atoms with Crippen LogP contribution in [-0.2, 0) is 22.6 Å². The van der Waals surface area contributed by atoms with Crippen molar-refractivity contribution in [2.24, 2.45) is 0 Å². The SMILES string of the molecule is COCCCN1C(=O)N(Cc2ccccc2)C(=O)C12CCN(Cc1cc(OC)c3c(c1)OCO3)CC2. The summed E-state index contributed by atoms with van der Waals surface area (Å²) in [5, 5.41) is 0. The van der Waals surface area contributed by atoms with Gasteiger partial charge in [-0.05, 0) is 42.5 Å². The molecule has 3 amide bonds. The van der Waals surface area contributed by atoms with E-state index < -0.39 is 5.54 Å². The summed E-state index contributed by atoms with van der Waals surface area (Å²) < 4.78 is 21.8. The van der Waals surface area contributed by atoms with Crippen LogP contribution in [0, 0.1) is 0 Å². The Labute approximate surface area is 211 Å². The van der Waals surface area contributed by atoms with Crippen molar-refractivity contribution in [2.45, 2.75) is 37.9 Å². The quantitative estimate of drug-likeness (QED) is 0.390. The number of hydrogen-bond acceptors (Lipinski definition) is 7. The number of carbonyl (C=O) groups is 2. The van der Waals surface area contributed by atoms with E-state index >= 15 is 0 Å². The summed E-state index contributed by atoms with van der Waals surface area (Å²) in [5.74, 6) is 1.90. The summed E-state index contributed by atoms with van der Waals surface area (Å²) in [6.07, 6.45) is 1.88. The lowest BCUT2D eigenvalue weighted by atomic mass is 9.85. The van der Waals surface area contributed by atoms with E-state index in [1.54, 1.807) is 19.1 Å². The van der Waals surface area contributed by atoms with E-state index in [4.69, 9.17) is 18.9 Å². The summed E-state index contributed by atoms with van der Waals surface area (Å²) in [6, 6.07) is 13.4. The fourth-order valence-corrected chi connectivity index (χ4v) is 5.46. The van der Waals surface area contributed by atoms with Crippen molar-refractivity contribution in [3.8, 4) is 17.2 Å². The zero-order valence-electron chi connectivity index (χ0n) is 20.9. The number of imide groups is 1. The number of benzene rings is 2. The Kier molecular flexibility index (Phi) is 7.02. The number of hydrogen-bond donors (Lipinski definition) is 0. The number of amides is 3. The number of nitrogens with zero attached hydrogens (tertiary/aromatic N) is 3. The van der Waals surface area contributed by atoms with E-state index in [-0.39, 0.29) is 18.7 Å². The van der Waals surface area contributed by atoms with Gasteiger partial charge in [-0.15, -0.1) is 0 Å². The van der Waals surface area contributed by atoms with Gasteiger partial charge in [0.1, 0.15) is 5.54 Å². The maximum absolute atomic E-state index is 13.8. The smallest absolute Gasteiger partial charge is 0.327 e. The second-order valence-electron chi connectivity index (χ2n) is 9.50. The highest BCUT2D eigenvalue weighted by molar-refractivity contribution is 6.07. The van der Waals surface area contributed by atoms with Crippen LogP contribution < -0.4 is 14.2 Å². The summed E-state index contributed by atoms with van der Waals surface area (Å²) in [6.45, 7) is 3.64. The Morgan fingerprint density at radius 2 is 1.75 bits per heavy atom. The molecular formula is C27H33N3O6. The molecule has 0 aliphatic carbocycles. The maximum atomic E-state index is 13.8. The van der Waals surface area contributed by atoms with E-state index in [1.165, 1.54) is 4.90 Å². The molecule has 9 heteroatoms. The minimum Gasteiger partial charge on any atom is -0.493 e. The molecule has 0 radical (unpaired) electrons. The fraction of sp³-hybridized carbons (Fsp3) is 0.481. The van der Waals surface area contributed by atoms with Crippen LogP contribution in [0.25, 0.3) is 0 Å². The van der Waals surface area contributed by atoms with E-state index in [2.05, 4.69) is 4.90 Å². The van der Waals surface area contributed by atoms with Crippen LogP contribution in [0.3, 0.4) is 0 Å². The van der Waals surface area contributed by atoms with Gasteiger partial charge in [0, 0.05) is 39.9 Å². The summed E-state index contributed by atoms with van der Waals surface area (Å²) in [4.78, 5) is 32.8. The molecule has 0 saturated carbocycles. The van der Waals surface area contributed by atoms with E-state index in [9.17, 15) is 9.59 Å². The maximum Gasteiger partial charge on any atom is 0.327 e. The lowest BCUT2D eigenvalue weighted by molar-refractivity contribution is -0.136. The third-order valence-electron chi connectivity index (χ3n) is 7.34. The predicted octanol–water partition coefficient (Wildman–Crippen LogP) is 3.26. The van der Waals surface area contributed by atoms with Gasteiger partial charge in [0.25, 0.3) is 5.91 Å². The second-order valence-corrected chi connectivity index (χ2v) is 9.50. The monoisotopic (exact) mass is 495 g/mol. The number of likely N-dealkylation sites (tertiary alicyclic amines) is 1. The van der Waals surface area contributed by atoms with E-state index in [0.29, 0.717) is 75.8 Å². The summed E-state index contributed by atoms with van der Waals surface area (Å²) >= 11 is 0. The molecule has 5 rings (SSSR count). The number of fused-ring (bicyclic) bond motifs is 1. The van der Waals surface area contributed by atoms with Crippen LogP contribution in [0.15, 0.2) is 42.5 Å². The van der Waals surface area contributed by atoms with Gasteiger partial charge in [-0.1, -0.05) is 30.3 Å². The highest BCUT2D eigenvalue weighted by Gasteiger charge is 2.57. The average Bonchev–Trinajstić information content (AvgIpc) is 3.44. The first kappa shape index (κ1) is 24.4. The molecule has 192 valence electrons. The second kappa shape index (κ2) is 10.4. The Balaban J connectivity index is 1.31. The van der Waals surface area contributed by atoms with Crippen molar-refractivity contribution >= 4 is 11.9 Å². The Morgan fingerprint density at radius 1 is 0.972 bits per heavy atom. The first-order chi connectivity index (χ1) is 17.6. The molecule has 2 aromatic carbocycles. The number of rotatable bonds is 9. The molecule has 0 aromatic heterocycles. The predicted molar refractivity (Wildman–Crippen MR) is 132 cm³/mol. The molecule has 0 unspecified atom stereocenters. The van der Waals surface area contributed by atoms with Gasteiger partial charge in [-0.3, -0.25) is 14.6 Å². The molecule has 0 N–H and O–H groups in total. The number of methoxy groups -OCH3 is 2. The van der Waals surface area contributed by atoms with Crippen molar-refractivity contribution in [1.82, 2.24) is 14.7 Å². The van der Waals surface area contributed by atoms with Crippen molar-refractivity contribution < 1.29 is 28.5 Å². The number of carbonyl (C=O) groups excluding carboxylic acids is 2. The van der Waals surface area contributed by atoms with Gasteiger partial charge in [0.2, 0.25) is 12.5 Å². The van der Waals surface area contributed by atoms with Gasteiger partial charge in [-0.2, -0.15) is 0 Å². The molecule has 3 heterocycles. The normalized spacial score (nSPS) is 18.9. The number of piperidine rings is 1. The minimum absolute atomic E-state index is 0.0850. The van der Waals surface area contributed by atoms with Crippen LogP contribution in [0.2, 0.25) is 0 Å². The fourth-order valence-electron chi connectivity index (χ4n) is 5.46. The van der Waals surface area contributed by atoms with Crippen LogP contribution in [0.5, 0.6) is 17.2 Å². The van der Waals surface area contributed by atoms with Gasteiger partial charge in [0.15, 0.2) is 11.5 Å². The van der Waals surface area contributed by atoms with Crippen molar-refractivity contribution in [3.05, 3.63) is 53.6 Å². The van der Waals surface area contributed by atoms with Crippen molar-refractivity contribution in [1.29, 1.82) is 0 Å². The number of urea groups is 1. The molecule has 2 saturated heterocycles. The third kappa shape index (κ3) is 4.49. The van der Waals surface area contributed by atoms with Crippen LogP contribution in [0.4, 0.5) is 4.79 Å². The van der Waals surface area contributed by atoms with Crippen LogP contribution >= 0.6 is 0 Å². The lowest BCUT2D eigenvalue weighted by Gasteiger charge is -2.42. The Bertz CT molecular complexity index is 1100. The minimum atomic E-state index is -0.803. The van der Waals surface area contributed by atoms with Crippen molar-refractivity contribution in [2.75, 3.05) is 47.3 Å². The molecule has 2 fully saturated rings. The Morgan fingerprint density at radius 3 is 2.47 bits per heavy atom. The summed E-state index contributed by atoms with van der Waals surface area (Å²) in [5.41, 5.74) is 1.20. The zero-order valence-corrected chi connectivity index (χ0v) is 20.9. The molecular weight excluding hydrogens is 462 g/mol. The van der Waals surface area contributed by atoms with Gasteiger partial charge >= 0.3 is 6.03 Å². The molecule has 36 heavy (non-hydrogen) atoms. The van der Waals surface area contributed by atoms with Gasteiger partial charge < -0.3 is 23.8 Å². The largest absolute Gasteiger partial charge is 0.493 e. The van der Waals surface area contributed by atoms with Crippen LogP contribution in [0.1, 0.15) is 30.4 Å². The first-order valence-electron chi connectivity index (χ1n) is 12.4. The number of ether oxygens (including phenoxy) is 4.